The van der Waals surface area contributed by atoms with Gasteiger partial charge in [0.25, 0.3) is 0 Å². The second-order valence-corrected chi connectivity index (χ2v) is 13.4. The van der Waals surface area contributed by atoms with Crippen LogP contribution in [0.25, 0.3) is 76.9 Å². The minimum atomic E-state index is 0.909. The predicted molar refractivity (Wildman–Crippen MR) is 220 cm³/mol. The molecule has 1 aromatic heterocycles. The molecule has 52 heavy (non-hydrogen) atoms. The first-order valence-electron chi connectivity index (χ1n) is 17.8. The number of nitrogens with zero attached hydrogens (tertiary/aromatic N) is 1. The van der Waals surface area contributed by atoms with Gasteiger partial charge in [0, 0.05) is 27.8 Å². The van der Waals surface area contributed by atoms with E-state index in [1.54, 1.807) is 0 Å². The molecule has 0 radical (unpaired) electrons. The molecule has 0 fully saturated rings. The first kappa shape index (κ1) is 30.0. The predicted octanol–water partition coefficient (Wildman–Crippen LogP) is 14.4. The second kappa shape index (κ2) is 12.5. The van der Waals surface area contributed by atoms with Gasteiger partial charge in [0.05, 0.1) is 0 Å². The molecule has 0 saturated carbocycles. The molecule has 0 spiro atoms. The Morgan fingerprint density at radius 1 is 0.308 bits per heavy atom. The lowest BCUT2D eigenvalue weighted by atomic mass is 9.92. The zero-order valence-electron chi connectivity index (χ0n) is 28.4. The van der Waals surface area contributed by atoms with Crippen molar-refractivity contribution in [3.05, 3.63) is 200 Å². The maximum Gasteiger partial charge on any atom is 0.136 e. The Bertz CT molecular complexity index is 2890. The molecular formula is C50H33NO. The van der Waals surface area contributed by atoms with Gasteiger partial charge in [-0.3, -0.25) is 0 Å². The van der Waals surface area contributed by atoms with Gasteiger partial charge in [-0.2, -0.15) is 0 Å². The van der Waals surface area contributed by atoms with Crippen LogP contribution in [0.2, 0.25) is 0 Å². The van der Waals surface area contributed by atoms with Crippen molar-refractivity contribution in [2.24, 2.45) is 0 Å². The van der Waals surface area contributed by atoms with Crippen molar-refractivity contribution in [1.82, 2.24) is 0 Å². The van der Waals surface area contributed by atoms with E-state index in [2.05, 4.69) is 199 Å². The van der Waals surface area contributed by atoms with E-state index >= 15 is 0 Å². The fraction of sp³-hybridized carbons (Fsp3) is 0. The number of fused-ring (bicyclic) bond motifs is 6. The van der Waals surface area contributed by atoms with Crippen LogP contribution in [0.5, 0.6) is 0 Å². The molecule has 0 N–H and O–H groups in total. The molecule has 2 nitrogen and oxygen atoms in total. The minimum Gasteiger partial charge on any atom is -0.456 e. The molecule has 9 aromatic carbocycles. The smallest absolute Gasteiger partial charge is 0.136 e. The average molecular weight is 664 g/mol. The van der Waals surface area contributed by atoms with Gasteiger partial charge in [0.15, 0.2) is 0 Å². The standard InChI is InChI=1S/C50H33NO/c1-3-13-36(14-4-1)46-33-49-50(45-20-9-10-21-48(45)52-49)44-29-26-40(32-47(44)46)38-16-11-19-43(31-38)51(41-17-5-2-6-18-41)42-27-24-35(25-28-42)39-23-22-34-12-7-8-15-37(34)30-39/h1-33H. The summed E-state index contributed by atoms with van der Waals surface area (Å²) in [5, 5.41) is 7.20. The molecule has 244 valence electrons. The van der Waals surface area contributed by atoms with Gasteiger partial charge in [0.1, 0.15) is 11.2 Å². The molecule has 0 atom stereocenters. The summed E-state index contributed by atoms with van der Waals surface area (Å²) in [4.78, 5) is 2.34. The van der Waals surface area contributed by atoms with Crippen molar-refractivity contribution in [1.29, 1.82) is 0 Å². The van der Waals surface area contributed by atoms with E-state index in [1.165, 1.54) is 43.8 Å². The van der Waals surface area contributed by atoms with Crippen LogP contribution < -0.4 is 4.90 Å². The molecule has 0 saturated heterocycles. The SMILES string of the molecule is c1ccc(-c2cc3oc4ccccc4c3c3ccc(-c4cccc(N(c5ccccc5)c5ccc(-c6ccc7ccccc7c6)cc5)c4)cc23)cc1. The van der Waals surface area contributed by atoms with Crippen molar-refractivity contribution in [3.63, 3.8) is 0 Å². The topological polar surface area (TPSA) is 16.4 Å². The van der Waals surface area contributed by atoms with Crippen LogP contribution in [0, 0.1) is 0 Å². The van der Waals surface area contributed by atoms with E-state index < -0.39 is 0 Å². The van der Waals surface area contributed by atoms with Gasteiger partial charge in [-0.1, -0.05) is 140 Å². The van der Waals surface area contributed by atoms with Gasteiger partial charge in [0.2, 0.25) is 0 Å². The number of furan rings is 1. The largest absolute Gasteiger partial charge is 0.456 e. The van der Waals surface area contributed by atoms with Crippen molar-refractivity contribution in [2.75, 3.05) is 4.90 Å². The van der Waals surface area contributed by atoms with E-state index in [1.807, 2.05) is 6.07 Å². The van der Waals surface area contributed by atoms with Crippen LogP contribution in [0.15, 0.2) is 205 Å². The lowest BCUT2D eigenvalue weighted by Gasteiger charge is -2.26. The maximum atomic E-state index is 6.41. The van der Waals surface area contributed by atoms with Crippen LogP contribution >= 0.6 is 0 Å². The summed E-state index contributed by atoms with van der Waals surface area (Å²) in [6.45, 7) is 0. The molecule has 0 aliphatic heterocycles. The summed E-state index contributed by atoms with van der Waals surface area (Å²) < 4.78 is 6.41. The Hall–Kier alpha value is -6.90. The highest BCUT2D eigenvalue weighted by Crippen LogP contribution is 2.43. The Labute approximate surface area is 302 Å². The zero-order chi connectivity index (χ0) is 34.4. The number of benzene rings is 9. The molecule has 0 amide bonds. The van der Waals surface area contributed by atoms with Crippen LogP contribution in [0.1, 0.15) is 0 Å². The van der Waals surface area contributed by atoms with Crippen LogP contribution in [-0.4, -0.2) is 0 Å². The third-order valence-electron chi connectivity index (χ3n) is 10.2. The molecular weight excluding hydrogens is 631 g/mol. The number of hydrogen-bond donors (Lipinski definition) is 0. The molecule has 0 aliphatic carbocycles. The molecule has 0 aliphatic rings. The number of para-hydroxylation sites is 2. The molecule has 1 heterocycles. The van der Waals surface area contributed by atoms with E-state index in [0.717, 1.165) is 50.1 Å². The fourth-order valence-corrected chi connectivity index (χ4v) is 7.69. The maximum absolute atomic E-state index is 6.41. The van der Waals surface area contributed by atoms with Crippen molar-refractivity contribution in [2.45, 2.75) is 0 Å². The summed E-state index contributed by atoms with van der Waals surface area (Å²) in [7, 11) is 0. The van der Waals surface area contributed by atoms with Crippen LogP contribution in [0.3, 0.4) is 0 Å². The first-order valence-corrected chi connectivity index (χ1v) is 17.8. The number of rotatable bonds is 6. The molecule has 0 unspecified atom stereocenters. The monoisotopic (exact) mass is 663 g/mol. The van der Waals surface area contributed by atoms with Gasteiger partial charge in [-0.05, 0) is 116 Å². The molecule has 10 rings (SSSR count). The van der Waals surface area contributed by atoms with Gasteiger partial charge >= 0.3 is 0 Å². The third kappa shape index (κ3) is 5.21. The third-order valence-corrected chi connectivity index (χ3v) is 10.2. The normalized spacial score (nSPS) is 11.5. The molecule has 2 heteroatoms. The summed E-state index contributed by atoms with van der Waals surface area (Å²) in [5.41, 5.74) is 12.2. The van der Waals surface area contributed by atoms with Crippen molar-refractivity contribution >= 4 is 60.5 Å². The van der Waals surface area contributed by atoms with Gasteiger partial charge < -0.3 is 9.32 Å². The van der Waals surface area contributed by atoms with Crippen LogP contribution in [-0.2, 0) is 0 Å². The second-order valence-electron chi connectivity index (χ2n) is 13.4. The lowest BCUT2D eigenvalue weighted by Crippen LogP contribution is -2.09. The highest BCUT2D eigenvalue weighted by Gasteiger charge is 2.17. The highest BCUT2D eigenvalue weighted by molar-refractivity contribution is 6.22. The Morgan fingerprint density at radius 3 is 1.77 bits per heavy atom. The summed E-state index contributed by atoms with van der Waals surface area (Å²) in [6, 6.07) is 71.7. The molecule has 10 aromatic rings. The Morgan fingerprint density at radius 2 is 0.923 bits per heavy atom. The van der Waals surface area contributed by atoms with E-state index in [-0.39, 0.29) is 0 Å². The quantitative estimate of drug-likeness (QED) is 0.176. The first-order chi connectivity index (χ1) is 25.8. The van der Waals surface area contributed by atoms with Crippen molar-refractivity contribution in [3.8, 4) is 33.4 Å². The van der Waals surface area contributed by atoms with Crippen molar-refractivity contribution < 1.29 is 4.42 Å². The highest BCUT2D eigenvalue weighted by atomic mass is 16.3. The van der Waals surface area contributed by atoms with Crippen LogP contribution in [0.4, 0.5) is 17.1 Å². The lowest BCUT2D eigenvalue weighted by molar-refractivity contribution is 0.669. The summed E-state index contributed by atoms with van der Waals surface area (Å²) in [6.07, 6.45) is 0. The number of anilines is 3. The summed E-state index contributed by atoms with van der Waals surface area (Å²) >= 11 is 0. The van der Waals surface area contributed by atoms with Gasteiger partial charge in [-0.25, -0.2) is 0 Å². The van der Waals surface area contributed by atoms with Gasteiger partial charge in [-0.15, -0.1) is 0 Å². The minimum absolute atomic E-state index is 0.909. The Kier molecular flexibility index (Phi) is 7.18. The summed E-state index contributed by atoms with van der Waals surface area (Å²) in [5.74, 6) is 0. The fourth-order valence-electron chi connectivity index (χ4n) is 7.69. The van der Waals surface area contributed by atoms with E-state index in [9.17, 15) is 0 Å². The molecule has 0 bridgehead atoms. The zero-order valence-corrected chi connectivity index (χ0v) is 28.4. The average Bonchev–Trinajstić information content (AvgIpc) is 3.60. The Balaban J connectivity index is 1.09. The number of hydrogen-bond acceptors (Lipinski definition) is 2. The van der Waals surface area contributed by atoms with E-state index in [4.69, 9.17) is 4.42 Å². The van der Waals surface area contributed by atoms with E-state index in [0.29, 0.717) is 0 Å².